The second-order valence-corrected chi connectivity index (χ2v) is 4.12. The number of nitrogens with zero attached hydrogens (tertiary/aromatic N) is 1. The average Bonchev–Trinajstić information content (AvgIpc) is 2.46. The minimum absolute atomic E-state index is 0.209. The average molecular weight is 268 g/mol. The van der Waals surface area contributed by atoms with Crippen LogP contribution in [0.3, 0.4) is 0 Å². The SMILES string of the molecule is Oc1ccccc1/C=C/NC/N=C/c1ccccc1O. The maximum absolute atomic E-state index is 9.56. The highest BCUT2D eigenvalue weighted by molar-refractivity contribution is 5.83. The Morgan fingerprint density at radius 3 is 2.15 bits per heavy atom. The van der Waals surface area contributed by atoms with Crippen LogP contribution in [-0.4, -0.2) is 23.1 Å². The lowest BCUT2D eigenvalue weighted by atomic mass is 10.2. The Morgan fingerprint density at radius 1 is 0.900 bits per heavy atom. The van der Waals surface area contributed by atoms with E-state index in [9.17, 15) is 10.2 Å². The van der Waals surface area contributed by atoms with Crippen LogP contribution in [0.25, 0.3) is 6.08 Å². The van der Waals surface area contributed by atoms with Crippen molar-refractivity contribution in [2.24, 2.45) is 4.99 Å². The van der Waals surface area contributed by atoms with Crippen LogP contribution in [0.2, 0.25) is 0 Å². The number of hydrogen-bond donors (Lipinski definition) is 3. The lowest BCUT2D eigenvalue weighted by Gasteiger charge is -1.99. The van der Waals surface area contributed by atoms with Crippen LogP contribution in [0.1, 0.15) is 11.1 Å². The minimum Gasteiger partial charge on any atom is -0.507 e. The van der Waals surface area contributed by atoms with Crippen LogP contribution >= 0.6 is 0 Å². The molecule has 0 aliphatic heterocycles. The third-order valence-electron chi connectivity index (χ3n) is 2.67. The standard InChI is InChI=1S/C16H16N2O2/c19-15-7-3-1-5-13(15)9-10-17-12-18-11-14-6-2-4-8-16(14)20/h1-11,17,19-20H,12H2/b10-9+,18-11+. The van der Waals surface area contributed by atoms with Gasteiger partial charge in [0.2, 0.25) is 0 Å². The maximum Gasteiger partial charge on any atom is 0.124 e. The van der Waals surface area contributed by atoms with Crippen molar-refractivity contribution in [3.8, 4) is 11.5 Å². The van der Waals surface area contributed by atoms with Crippen LogP contribution in [0.15, 0.2) is 59.7 Å². The molecule has 3 N–H and O–H groups in total. The van der Waals surface area contributed by atoms with E-state index in [0.717, 1.165) is 5.56 Å². The van der Waals surface area contributed by atoms with Crippen molar-refractivity contribution in [3.63, 3.8) is 0 Å². The molecule has 4 heteroatoms. The first kappa shape index (κ1) is 13.7. The number of hydrogen-bond acceptors (Lipinski definition) is 4. The van der Waals surface area contributed by atoms with Crippen LogP contribution in [0, 0.1) is 0 Å². The zero-order valence-electron chi connectivity index (χ0n) is 10.9. The molecule has 0 fully saturated rings. The molecule has 0 heterocycles. The third-order valence-corrected chi connectivity index (χ3v) is 2.67. The van der Waals surface area contributed by atoms with Gasteiger partial charge in [0, 0.05) is 17.3 Å². The van der Waals surface area contributed by atoms with Crippen molar-refractivity contribution in [1.82, 2.24) is 5.32 Å². The fourth-order valence-electron chi connectivity index (χ4n) is 1.62. The van der Waals surface area contributed by atoms with Crippen molar-refractivity contribution in [2.45, 2.75) is 0 Å². The Morgan fingerprint density at radius 2 is 1.50 bits per heavy atom. The van der Waals surface area contributed by atoms with Gasteiger partial charge in [-0.1, -0.05) is 30.3 Å². The topological polar surface area (TPSA) is 64.8 Å². The van der Waals surface area contributed by atoms with E-state index in [1.54, 1.807) is 48.8 Å². The molecule has 0 atom stereocenters. The van der Waals surface area contributed by atoms with Gasteiger partial charge in [-0.15, -0.1) is 0 Å². The number of phenolic OH excluding ortho intramolecular Hbond substituents is 2. The Hall–Kier alpha value is -2.75. The Kier molecular flexibility index (Phi) is 4.78. The van der Waals surface area contributed by atoms with E-state index in [0.29, 0.717) is 12.2 Å². The van der Waals surface area contributed by atoms with E-state index in [1.165, 1.54) is 0 Å². The van der Waals surface area contributed by atoms with E-state index in [-0.39, 0.29) is 11.5 Å². The van der Waals surface area contributed by atoms with E-state index >= 15 is 0 Å². The van der Waals surface area contributed by atoms with Gasteiger partial charge in [-0.3, -0.25) is 4.99 Å². The van der Waals surface area contributed by atoms with E-state index < -0.39 is 0 Å². The molecule has 20 heavy (non-hydrogen) atoms. The number of aromatic hydroxyl groups is 2. The van der Waals surface area contributed by atoms with Gasteiger partial charge in [0.1, 0.15) is 18.2 Å². The molecule has 0 bridgehead atoms. The number of aliphatic imine (C=N–C) groups is 1. The van der Waals surface area contributed by atoms with Crippen molar-refractivity contribution in [3.05, 3.63) is 65.9 Å². The Labute approximate surface area is 117 Å². The molecule has 2 rings (SSSR count). The van der Waals surface area contributed by atoms with Gasteiger partial charge in [0.25, 0.3) is 0 Å². The van der Waals surface area contributed by atoms with Gasteiger partial charge in [-0.2, -0.15) is 0 Å². The van der Waals surface area contributed by atoms with Crippen LogP contribution < -0.4 is 5.32 Å². The normalized spacial score (nSPS) is 11.2. The predicted molar refractivity (Wildman–Crippen MR) is 80.8 cm³/mol. The van der Waals surface area contributed by atoms with Gasteiger partial charge in [-0.25, -0.2) is 0 Å². The van der Waals surface area contributed by atoms with Crippen molar-refractivity contribution < 1.29 is 10.2 Å². The number of para-hydroxylation sites is 2. The summed E-state index contributed by atoms with van der Waals surface area (Å²) in [5.41, 5.74) is 1.42. The molecule has 0 amide bonds. The summed E-state index contributed by atoms with van der Waals surface area (Å²) in [5, 5.41) is 22.1. The molecule has 0 aromatic heterocycles. The molecule has 4 nitrogen and oxygen atoms in total. The molecule has 0 spiro atoms. The number of nitrogens with one attached hydrogen (secondary N) is 1. The molecule has 0 radical (unpaired) electrons. The first-order valence-corrected chi connectivity index (χ1v) is 6.23. The highest BCUT2D eigenvalue weighted by atomic mass is 16.3. The van der Waals surface area contributed by atoms with Gasteiger partial charge in [-0.05, 0) is 30.5 Å². The molecular formula is C16H16N2O2. The summed E-state index contributed by atoms with van der Waals surface area (Å²) < 4.78 is 0. The Bertz CT molecular complexity index is 566. The molecule has 102 valence electrons. The van der Waals surface area contributed by atoms with Crippen molar-refractivity contribution >= 4 is 12.3 Å². The number of benzene rings is 2. The zero-order valence-corrected chi connectivity index (χ0v) is 10.9. The maximum atomic E-state index is 9.56. The molecule has 0 saturated heterocycles. The molecule has 2 aromatic rings. The van der Waals surface area contributed by atoms with Gasteiger partial charge in [0.15, 0.2) is 0 Å². The lowest BCUT2D eigenvalue weighted by molar-refractivity contribution is 0.473. The highest BCUT2D eigenvalue weighted by Gasteiger charge is 1.94. The van der Waals surface area contributed by atoms with Crippen LogP contribution in [0.5, 0.6) is 11.5 Å². The number of rotatable bonds is 5. The molecule has 0 unspecified atom stereocenters. The monoisotopic (exact) mass is 268 g/mol. The van der Waals surface area contributed by atoms with E-state index in [4.69, 9.17) is 0 Å². The summed E-state index contributed by atoms with van der Waals surface area (Å²) in [6.07, 6.45) is 5.10. The smallest absolute Gasteiger partial charge is 0.124 e. The summed E-state index contributed by atoms with van der Waals surface area (Å²) in [6.45, 7) is 0.387. The second-order valence-electron chi connectivity index (χ2n) is 4.12. The van der Waals surface area contributed by atoms with E-state index in [2.05, 4.69) is 10.3 Å². The summed E-state index contributed by atoms with van der Waals surface area (Å²) in [7, 11) is 0. The molecular weight excluding hydrogens is 252 g/mol. The Balaban J connectivity index is 1.82. The highest BCUT2D eigenvalue weighted by Crippen LogP contribution is 2.16. The van der Waals surface area contributed by atoms with Crippen LogP contribution in [0.4, 0.5) is 0 Å². The lowest BCUT2D eigenvalue weighted by Crippen LogP contribution is -2.04. The summed E-state index contributed by atoms with van der Waals surface area (Å²) in [5.74, 6) is 0.448. The summed E-state index contributed by atoms with van der Waals surface area (Å²) >= 11 is 0. The van der Waals surface area contributed by atoms with Gasteiger partial charge >= 0.3 is 0 Å². The molecule has 0 aliphatic carbocycles. The minimum atomic E-state index is 0.209. The largest absolute Gasteiger partial charge is 0.507 e. The quantitative estimate of drug-likeness (QED) is 0.577. The van der Waals surface area contributed by atoms with Crippen molar-refractivity contribution in [1.29, 1.82) is 0 Å². The fourth-order valence-corrected chi connectivity index (χ4v) is 1.62. The first-order valence-electron chi connectivity index (χ1n) is 6.23. The molecule has 0 aliphatic rings. The molecule has 2 aromatic carbocycles. The van der Waals surface area contributed by atoms with Crippen molar-refractivity contribution in [2.75, 3.05) is 6.67 Å². The zero-order chi connectivity index (χ0) is 14.2. The first-order chi connectivity index (χ1) is 9.77. The fraction of sp³-hybridized carbons (Fsp3) is 0.0625. The summed E-state index contributed by atoms with van der Waals surface area (Å²) in [4.78, 5) is 4.15. The van der Waals surface area contributed by atoms with Gasteiger partial charge < -0.3 is 15.5 Å². The van der Waals surface area contributed by atoms with Crippen LogP contribution in [-0.2, 0) is 0 Å². The summed E-state index contributed by atoms with van der Waals surface area (Å²) in [6, 6.07) is 14.1. The van der Waals surface area contributed by atoms with Gasteiger partial charge in [0.05, 0.1) is 0 Å². The van der Waals surface area contributed by atoms with E-state index in [1.807, 2.05) is 18.2 Å². The number of phenols is 2. The molecule has 0 saturated carbocycles. The predicted octanol–water partition coefficient (Wildman–Crippen LogP) is 2.73. The second kappa shape index (κ2) is 6.99. The third kappa shape index (κ3) is 3.88.